The van der Waals surface area contributed by atoms with Crippen LogP contribution in [0.2, 0.25) is 0 Å². The molecule has 5 heteroatoms. The lowest BCUT2D eigenvalue weighted by atomic mass is 10.00. The summed E-state index contributed by atoms with van der Waals surface area (Å²) in [6.45, 7) is 7.80. The average Bonchev–Trinajstić information content (AvgIpc) is 2.46. The maximum Gasteiger partial charge on any atom is 0.255 e. The summed E-state index contributed by atoms with van der Waals surface area (Å²) in [5, 5.41) is 12.6. The molecule has 1 heterocycles. The SMILES string of the molecule is Cc1cc(C)c(CNC(=O)c2cc(C(C)C)ccc2O)c(=O)[nH]1. The number of phenols is 1. The Kier molecular flexibility index (Phi) is 4.89. The number of aryl methyl sites for hydroxylation is 2. The molecule has 0 spiro atoms. The van der Waals surface area contributed by atoms with Crippen LogP contribution in [0.3, 0.4) is 0 Å². The number of phenolic OH excluding ortho intramolecular Hbond substituents is 1. The lowest BCUT2D eigenvalue weighted by Gasteiger charge is -2.11. The molecular weight excluding hydrogens is 292 g/mol. The minimum atomic E-state index is -0.399. The van der Waals surface area contributed by atoms with Gasteiger partial charge in [0.2, 0.25) is 0 Å². The third-order valence-electron chi connectivity index (χ3n) is 3.85. The van der Waals surface area contributed by atoms with Crippen molar-refractivity contribution in [2.24, 2.45) is 0 Å². The number of carbonyl (C=O) groups excluding carboxylic acids is 1. The topological polar surface area (TPSA) is 82.2 Å². The van der Waals surface area contributed by atoms with Gasteiger partial charge >= 0.3 is 0 Å². The van der Waals surface area contributed by atoms with Crippen LogP contribution in [0, 0.1) is 13.8 Å². The third-order valence-corrected chi connectivity index (χ3v) is 3.85. The van der Waals surface area contributed by atoms with Crippen molar-refractivity contribution in [1.82, 2.24) is 10.3 Å². The summed E-state index contributed by atoms with van der Waals surface area (Å²) < 4.78 is 0. The third kappa shape index (κ3) is 3.80. The highest BCUT2D eigenvalue weighted by Gasteiger charge is 2.14. The minimum Gasteiger partial charge on any atom is -0.507 e. The molecule has 5 nitrogen and oxygen atoms in total. The highest BCUT2D eigenvalue weighted by atomic mass is 16.3. The smallest absolute Gasteiger partial charge is 0.255 e. The van der Waals surface area contributed by atoms with Gasteiger partial charge in [-0.25, -0.2) is 0 Å². The Bertz CT molecular complexity index is 791. The molecule has 1 amide bonds. The molecule has 2 rings (SSSR count). The zero-order chi connectivity index (χ0) is 17.1. The van der Waals surface area contributed by atoms with Crippen molar-refractivity contribution in [3.05, 3.63) is 62.6 Å². The number of rotatable bonds is 4. The van der Waals surface area contributed by atoms with E-state index in [0.717, 1.165) is 16.8 Å². The minimum absolute atomic E-state index is 0.0681. The van der Waals surface area contributed by atoms with E-state index < -0.39 is 5.91 Å². The molecule has 1 aromatic carbocycles. The Morgan fingerprint density at radius 1 is 1.26 bits per heavy atom. The first kappa shape index (κ1) is 16.8. The summed E-state index contributed by atoms with van der Waals surface area (Å²) in [4.78, 5) is 27.0. The van der Waals surface area contributed by atoms with Crippen LogP contribution in [-0.4, -0.2) is 16.0 Å². The fraction of sp³-hybridized carbons (Fsp3) is 0.333. The second kappa shape index (κ2) is 6.69. The molecule has 23 heavy (non-hydrogen) atoms. The van der Waals surface area contributed by atoms with Crippen LogP contribution in [0.5, 0.6) is 5.75 Å². The molecule has 0 bridgehead atoms. The van der Waals surface area contributed by atoms with E-state index in [1.165, 1.54) is 6.07 Å². The number of aromatic hydroxyl groups is 1. The number of benzene rings is 1. The molecule has 0 unspecified atom stereocenters. The van der Waals surface area contributed by atoms with Gasteiger partial charge in [-0.3, -0.25) is 9.59 Å². The maximum absolute atomic E-state index is 12.3. The fourth-order valence-electron chi connectivity index (χ4n) is 2.46. The molecule has 0 aliphatic rings. The van der Waals surface area contributed by atoms with Gasteiger partial charge in [0.05, 0.1) is 5.56 Å². The van der Waals surface area contributed by atoms with E-state index in [-0.39, 0.29) is 29.3 Å². The number of H-pyrrole nitrogens is 1. The Hall–Kier alpha value is -2.56. The zero-order valence-corrected chi connectivity index (χ0v) is 13.9. The lowest BCUT2D eigenvalue weighted by Crippen LogP contribution is -2.28. The summed E-state index contributed by atoms with van der Waals surface area (Å²) in [6, 6.07) is 6.86. The molecule has 0 saturated heterocycles. The monoisotopic (exact) mass is 314 g/mol. The Morgan fingerprint density at radius 2 is 1.96 bits per heavy atom. The number of carbonyl (C=O) groups is 1. The van der Waals surface area contributed by atoms with E-state index in [4.69, 9.17) is 0 Å². The first-order valence-electron chi connectivity index (χ1n) is 7.60. The highest BCUT2D eigenvalue weighted by Crippen LogP contribution is 2.23. The first-order valence-corrected chi connectivity index (χ1v) is 7.60. The van der Waals surface area contributed by atoms with E-state index >= 15 is 0 Å². The van der Waals surface area contributed by atoms with Crippen molar-refractivity contribution >= 4 is 5.91 Å². The molecule has 1 aromatic heterocycles. The van der Waals surface area contributed by atoms with E-state index in [1.807, 2.05) is 33.8 Å². The first-order chi connectivity index (χ1) is 10.8. The van der Waals surface area contributed by atoms with Crippen LogP contribution >= 0.6 is 0 Å². The van der Waals surface area contributed by atoms with Gasteiger partial charge in [-0.05, 0) is 49.1 Å². The van der Waals surface area contributed by atoms with Gasteiger partial charge in [0.1, 0.15) is 5.75 Å². The van der Waals surface area contributed by atoms with Crippen molar-refractivity contribution in [2.75, 3.05) is 0 Å². The van der Waals surface area contributed by atoms with Crippen LogP contribution in [0.4, 0.5) is 0 Å². The Morgan fingerprint density at radius 3 is 2.57 bits per heavy atom. The highest BCUT2D eigenvalue weighted by molar-refractivity contribution is 5.97. The second-order valence-corrected chi connectivity index (χ2v) is 6.06. The number of aromatic amines is 1. The maximum atomic E-state index is 12.3. The van der Waals surface area contributed by atoms with Crippen molar-refractivity contribution < 1.29 is 9.90 Å². The van der Waals surface area contributed by atoms with Crippen LogP contribution in [0.25, 0.3) is 0 Å². The molecule has 0 radical (unpaired) electrons. The number of aromatic nitrogens is 1. The van der Waals surface area contributed by atoms with Crippen molar-refractivity contribution in [2.45, 2.75) is 40.2 Å². The molecule has 0 aliphatic heterocycles. The van der Waals surface area contributed by atoms with Gasteiger partial charge in [0.25, 0.3) is 11.5 Å². The number of hydrogen-bond acceptors (Lipinski definition) is 3. The van der Waals surface area contributed by atoms with E-state index in [9.17, 15) is 14.7 Å². The summed E-state index contributed by atoms with van der Waals surface area (Å²) in [6.07, 6.45) is 0. The molecule has 2 aromatic rings. The Balaban J connectivity index is 2.21. The molecule has 0 fully saturated rings. The van der Waals surface area contributed by atoms with Gasteiger partial charge in [-0.1, -0.05) is 19.9 Å². The predicted molar refractivity (Wildman–Crippen MR) is 89.9 cm³/mol. The number of amides is 1. The van der Waals surface area contributed by atoms with Gasteiger partial charge < -0.3 is 15.4 Å². The molecule has 122 valence electrons. The van der Waals surface area contributed by atoms with Crippen LogP contribution in [0.1, 0.15) is 52.5 Å². The number of pyridine rings is 1. The normalized spacial score (nSPS) is 10.8. The number of hydrogen-bond donors (Lipinski definition) is 3. The lowest BCUT2D eigenvalue weighted by molar-refractivity contribution is 0.0948. The van der Waals surface area contributed by atoms with Gasteiger partial charge in [-0.2, -0.15) is 0 Å². The molecule has 0 atom stereocenters. The van der Waals surface area contributed by atoms with Crippen molar-refractivity contribution in [3.63, 3.8) is 0 Å². The summed E-state index contributed by atoms with van der Waals surface area (Å²) >= 11 is 0. The molecule has 0 aliphatic carbocycles. The van der Waals surface area contributed by atoms with Crippen molar-refractivity contribution in [3.8, 4) is 5.75 Å². The fourth-order valence-corrected chi connectivity index (χ4v) is 2.46. The molecule has 0 saturated carbocycles. The average molecular weight is 314 g/mol. The van der Waals surface area contributed by atoms with E-state index in [0.29, 0.717) is 5.56 Å². The second-order valence-electron chi connectivity index (χ2n) is 6.06. The van der Waals surface area contributed by atoms with Gasteiger partial charge in [0.15, 0.2) is 0 Å². The summed E-state index contributed by atoms with van der Waals surface area (Å²) in [5.41, 5.74) is 3.11. The predicted octanol–water partition coefficient (Wildman–Crippen LogP) is 2.75. The summed E-state index contributed by atoms with van der Waals surface area (Å²) in [7, 11) is 0. The zero-order valence-electron chi connectivity index (χ0n) is 13.9. The van der Waals surface area contributed by atoms with E-state index in [2.05, 4.69) is 10.3 Å². The molecule has 3 N–H and O–H groups in total. The largest absolute Gasteiger partial charge is 0.507 e. The summed E-state index contributed by atoms with van der Waals surface area (Å²) in [5.74, 6) is -0.213. The quantitative estimate of drug-likeness (QED) is 0.811. The Labute approximate surface area is 135 Å². The van der Waals surface area contributed by atoms with Crippen LogP contribution in [0.15, 0.2) is 29.1 Å². The standard InChI is InChI=1S/C18H22N2O3/c1-10(2)13-5-6-16(21)14(8-13)17(22)19-9-15-11(3)7-12(4)20-18(15)23/h5-8,10,21H,9H2,1-4H3,(H,19,22)(H,20,23). The van der Waals surface area contributed by atoms with Crippen LogP contribution < -0.4 is 10.9 Å². The van der Waals surface area contributed by atoms with Crippen LogP contribution in [-0.2, 0) is 6.54 Å². The van der Waals surface area contributed by atoms with Crippen molar-refractivity contribution in [1.29, 1.82) is 0 Å². The van der Waals surface area contributed by atoms with Gasteiger partial charge in [-0.15, -0.1) is 0 Å². The molecular formula is C18H22N2O3. The van der Waals surface area contributed by atoms with E-state index in [1.54, 1.807) is 12.1 Å². The van der Waals surface area contributed by atoms with Gasteiger partial charge in [0, 0.05) is 17.8 Å². The number of nitrogens with one attached hydrogen (secondary N) is 2.